The summed E-state index contributed by atoms with van der Waals surface area (Å²) < 4.78 is 32.1. The van der Waals surface area contributed by atoms with Crippen molar-refractivity contribution in [2.75, 3.05) is 5.32 Å². The van der Waals surface area contributed by atoms with Gasteiger partial charge < -0.3 is 10.1 Å². The van der Waals surface area contributed by atoms with Gasteiger partial charge in [-0.2, -0.15) is 0 Å². The summed E-state index contributed by atoms with van der Waals surface area (Å²) in [6, 6.07) is 5.65. The van der Waals surface area contributed by atoms with E-state index >= 15 is 0 Å². The molecule has 2 saturated carbocycles. The van der Waals surface area contributed by atoms with Gasteiger partial charge in [-0.05, 0) is 82.1 Å². The number of amides is 1. The predicted octanol–water partition coefficient (Wildman–Crippen LogP) is 3.07. The fraction of sp³-hybridized carbons (Fsp3) is 0.619. The van der Waals surface area contributed by atoms with Crippen molar-refractivity contribution in [3.05, 3.63) is 24.3 Å². The van der Waals surface area contributed by atoms with Crippen LogP contribution in [0.1, 0.15) is 52.9 Å². The summed E-state index contributed by atoms with van der Waals surface area (Å²) in [6.07, 6.45) is 4.29. The van der Waals surface area contributed by atoms with Gasteiger partial charge in [-0.15, -0.1) is 0 Å². The molecule has 2 bridgehead atoms. The molecule has 0 unspecified atom stereocenters. The molecule has 0 heterocycles. The molecule has 2 aliphatic carbocycles. The van der Waals surface area contributed by atoms with Gasteiger partial charge in [-0.3, -0.25) is 9.59 Å². The zero-order valence-corrected chi connectivity index (χ0v) is 18.0. The molecule has 29 heavy (non-hydrogen) atoms. The molecular weight excluding hydrogens is 392 g/mol. The minimum atomic E-state index is -3.58. The first-order valence-electron chi connectivity index (χ1n) is 10.3. The molecule has 1 aromatic carbocycles. The predicted molar refractivity (Wildman–Crippen MR) is 110 cm³/mol. The van der Waals surface area contributed by atoms with Crippen LogP contribution < -0.4 is 10.0 Å². The third-order valence-corrected chi connectivity index (χ3v) is 7.49. The smallest absolute Gasteiger partial charge is 0.306 e. The van der Waals surface area contributed by atoms with Gasteiger partial charge >= 0.3 is 5.97 Å². The van der Waals surface area contributed by atoms with E-state index in [4.69, 9.17) is 4.74 Å². The first-order chi connectivity index (χ1) is 13.6. The maximum atomic E-state index is 12.3. The standard InChI is InChI=1S/C21H30N2O5S/c1-13(2)23-29(26,27)19-8-6-18(7-9-19)22-21(25)14(3)28-20(24)12-17-11-15-4-5-16(17)10-15/h6-9,13-17,23H,4-5,10-12H2,1-3H3,(H,22,25)/t14-,15+,16+,17+/m1/s1. The van der Waals surface area contributed by atoms with Crippen molar-refractivity contribution < 1.29 is 22.7 Å². The van der Waals surface area contributed by atoms with Gasteiger partial charge in [0.1, 0.15) is 0 Å². The number of benzene rings is 1. The van der Waals surface area contributed by atoms with E-state index < -0.39 is 22.0 Å². The van der Waals surface area contributed by atoms with E-state index in [1.54, 1.807) is 20.8 Å². The van der Waals surface area contributed by atoms with Gasteiger partial charge in [0.2, 0.25) is 10.0 Å². The number of anilines is 1. The Morgan fingerprint density at radius 2 is 1.79 bits per heavy atom. The number of rotatable bonds is 8. The van der Waals surface area contributed by atoms with Crippen LogP contribution in [-0.4, -0.2) is 32.4 Å². The van der Waals surface area contributed by atoms with Crippen molar-refractivity contribution in [3.63, 3.8) is 0 Å². The molecule has 2 N–H and O–H groups in total. The number of ether oxygens (including phenoxy) is 1. The highest BCUT2D eigenvalue weighted by molar-refractivity contribution is 7.89. The van der Waals surface area contributed by atoms with Crippen LogP contribution in [-0.2, 0) is 24.3 Å². The summed E-state index contributed by atoms with van der Waals surface area (Å²) in [5.41, 5.74) is 0.439. The largest absolute Gasteiger partial charge is 0.453 e. The van der Waals surface area contributed by atoms with Crippen LogP contribution in [0, 0.1) is 17.8 Å². The Morgan fingerprint density at radius 3 is 2.34 bits per heavy atom. The Hall–Kier alpha value is -1.93. The summed E-state index contributed by atoms with van der Waals surface area (Å²) in [4.78, 5) is 24.7. The summed E-state index contributed by atoms with van der Waals surface area (Å²) in [5.74, 6) is 1.02. The molecule has 3 rings (SSSR count). The van der Waals surface area contributed by atoms with Crippen molar-refractivity contribution in [2.45, 2.75) is 69.9 Å². The number of fused-ring (bicyclic) bond motifs is 2. The average Bonchev–Trinajstić information content (AvgIpc) is 3.23. The molecule has 0 saturated heterocycles. The molecule has 0 aliphatic heterocycles. The monoisotopic (exact) mass is 422 g/mol. The Kier molecular flexibility index (Phi) is 6.63. The minimum Gasteiger partial charge on any atom is -0.453 e. The number of carbonyl (C=O) groups is 2. The zero-order chi connectivity index (χ0) is 21.2. The van der Waals surface area contributed by atoms with Crippen molar-refractivity contribution in [3.8, 4) is 0 Å². The lowest BCUT2D eigenvalue weighted by molar-refractivity contribution is -0.154. The van der Waals surface area contributed by atoms with Crippen LogP contribution in [0.3, 0.4) is 0 Å². The van der Waals surface area contributed by atoms with Crippen molar-refractivity contribution in [2.24, 2.45) is 17.8 Å². The first kappa shape index (κ1) is 21.8. The Bertz CT molecular complexity index is 850. The zero-order valence-electron chi connectivity index (χ0n) is 17.2. The third kappa shape index (κ3) is 5.57. The molecule has 2 fully saturated rings. The van der Waals surface area contributed by atoms with E-state index in [9.17, 15) is 18.0 Å². The quantitative estimate of drug-likeness (QED) is 0.627. The molecule has 7 nitrogen and oxygen atoms in total. The molecule has 4 atom stereocenters. The molecule has 0 radical (unpaired) electrons. The van der Waals surface area contributed by atoms with Gasteiger partial charge in [0, 0.05) is 18.2 Å². The second-order valence-electron chi connectivity index (χ2n) is 8.56. The number of hydrogen-bond acceptors (Lipinski definition) is 5. The highest BCUT2D eigenvalue weighted by Crippen LogP contribution is 2.49. The van der Waals surface area contributed by atoms with Crippen LogP contribution in [0.4, 0.5) is 5.69 Å². The van der Waals surface area contributed by atoms with Gasteiger partial charge in [0.15, 0.2) is 6.10 Å². The highest BCUT2D eigenvalue weighted by Gasteiger charge is 2.40. The van der Waals surface area contributed by atoms with Gasteiger partial charge in [-0.1, -0.05) is 6.42 Å². The molecule has 8 heteroatoms. The summed E-state index contributed by atoms with van der Waals surface area (Å²) in [7, 11) is -3.58. The van der Waals surface area contributed by atoms with Crippen LogP contribution in [0.15, 0.2) is 29.2 Å². The first-order valence-corrected chi connectivity index (χ1v) is 11.7. The van der Waals surface area contributed by atoms with Crippen LogP contribution in [0.25, 0.3) is 0 Å². The SMILES string of the molecule is CC(C)NS(=O)(=O)c1ccc(NC(=O)[C@@H](C)OC(=O)C[C@@H]2C[C@H]3CC[C@H]2C3)cc1. The summed E-state index contributed by atoms with van der Waals surface area (Å²) in [5, 5.41) is 2.66. The molecule has 2 aliphatic rings. The lowest BCUT2D eigenvalue weighted by Crippen LogP contribution is -2.31. The molecule has 1 amide bonds. The van der Waals surface area contributed by atoms with E-state index in [0.29, 0.717) is 23.9 Å². The normalized spacial score (nSPS) is 24.5. The van der Waals surface area contributed by atoms with E-state index in [-0.39, 0.29) is 16.9 Å². The molecule has 0 spiro atoms. The molecule has 0 aromatic heterocycles. The van der Waals surface area contributed by atoms with Gasteiger partial charge in [0.25, 0.3) is 5.91 Å². The Labute approximate surface area is 172 Å². The third-order valence-electron chi connectivity index (χ3n) is 5.81. The number of hydrogen-bond donors (Lipinski definition) is 2. The fourth-order valence-electron chi connectivity index (χ4n) is 4.48. The molecular formula is C21H30N2O5S. The number of esters is 1. The second kappa shape index (κ2) is 8.83. The number of carbonyl (C=O) groups excluding carboxylic acids is 2. The average molecular weight is 423 g/mol. The van der Waals surface area contributed by atoms with E-state index in [1.807, 2.05) is 0 Å². The fourth-order valence-corrected chi connectivity index (χ4v) is 5.73. The molecule has 160 valence electrons. The van der Waals surface area contributed by atoms with Crippen LogP contribution in [0.2, 0.25) is 0 Å². The lowest BCUT2D eigenvalue weighted by Gasteiger charge is -2.21. The van der Waals surface area contributed by atoms with Crippen LogP contribution >= 0.6 is 0 Å². The lowest BCUT2D eigenvalue weighted by atomic mass is 9.86. The van der Waals surface area contributed by atoms with Gasteiger partial charge in [0.05, 0.1) is 4.90 Å². The van der Waals surface area contributed by atoms with E-state index in [2.05, 4.69) is 10.0 Å². The van der Waals surface area contributed by atoms with Crippen molar-refractivity contribution >= 4 is 27.6 Å². The minimum absolute atomic E-state index is 0.120. The maximum Gasteiger partial charge on any atom is 0.306 e. The number of nitrogens with one attached hydrogen (secondary N) is 2. The molecule has 1 aromatic rings. The Balaban J connectivity index is 1.49. The summed E-state index contributed by atoms with van der Waals surface area (Å²) >= 11 is 0. The van der Waals surface area contributed by atoms with Crippen molar-refractivity contribution in [1.29, 1.82) is 0 Å². The maximum absolute atomic E-state index is 12.3. The topological polar surface area (TPSA) is 102 Å². The second-order valence-corrected chi connectivity index (χ2v) is 10.3. The van der Waals surface area contributed by atoms with E-state index in [1.165, 1.54) is 43.5 Å². The Morgan fingerprint density at radius 1 is 1.10 bits per heavy atom. The summed E-state index contributed by atoms with van der Waals surface area (Å²) in [6.45, 7) is 5.03. The van der Waals surface area contributed by atoms with E-state index in [0.717, 1.165) is 12.3 Å². The van der Waals surface area contributed by atoms with Crippen LogP contribution in [0.5, 0.6) is 0 Å². The van der Waals surface area contributed by atoms with Gasteiger partial charge in [-0.25, -0.2) is 13.1 Å². The number of sulfonamides is 1. The highest BCUT2D eigenvalue weighted by atomic mass is 32.2. The van der Waals surface area contributed by atoms with Crippen molar-refractivity contribution in [1.82, 2.24) is 4.72 Å².